The van der Waals surface area contributed by atoms with Crippen molar-refractivity contribution in [3.8, 4) is 11.5 Å². The molecule has 2 N–H and O–H groups in total. The van der Waals surface area contributed by atoms with E-state index in [4.69, 9.17) is 26.5 Å². The van der Waals surface area contributed by atoms with E-state index < -0.39 is 22.9 Å². The van der Waals surface area contributed by atoms with Crippen LogP contribution in [-0.2, 0) is 10.3 Å². The number of nitrogens with zero attached hydrogens (tertiary/aromatic N) is 2. The van der Waals surface area contributed by atoms with Gasteiger partial charge in [-0.3, -0.25) is 4.99 Å². The number of ether oxygens (including phenoxy) is 1. The number of aliphatic imine (C=N–C) groups is 1. The monoisotopic (exact) mass is 473 g/mol. The first-order valence-corrected chi connectivity index (χ1v) is 9.55. The number of hydrogen-bond donors (Lipinski definition) is 1. The molecule has 0 bridgehead atoms. The molecular weight excluding hydrogens is 454 g/mol. The van der Waals surface area contributed by atoms with Crippen LogP contribution in [0.1, 0.15) is 26.3 Å². The highest BCUT2D eigenvalue weighted by molar-refractivity contribution is 6.31. The molecule has 0 unspecified atom stereocenters. The van der Waals surface area contributed by atoms with Gasteiger partial charge in [0.25, 0.3) is 0 Å². The van der Waals surface area contributed by atoms with Crippen molar-refractivity contribution in [1.29, 1.82) is 0 Å². The minimum Gasteiger partial charge on any atom is -0.436 e. The number of alkyl halides is 2. The molecule has 0 amide bonds. The molecule has 1 aromatic heterocycles. The molecule has 0 aliphatic carbocycles. The zero-order valence-corrected chi connectivity index (χ0v) is 18.5. The summed E-state index contributed by atoms with van der Waals surface area (Å²) in [4.78, 5) is 8.33. The van der Waals surface area contributed by atoms with Gasteiger partial charge in [0.2, 0.25) is 5.89 Å². The summed E-state index contributed by atoms with van der Waals surface area (Å²) in [5.74, 6) is -4.45. The second kappa shape index (κ2) is 7.69. The Morgan fingerprint density at radius 1 is 1.10 bits per heavy atom. The van der Waals surface area contributed by atoms with Crippen LogP contribution in [0.2, 0.25) is 5.02 Å². The quantitative estimate of drug-likeness (QED) is 0.515. The van der Waals surface area contributed by atoms with Crippen LogP contribution in [0.4, 0.5) is 13.2 Å². The Morgan fingerprint density at radius 2 is 1.81 bits per heavy atom. The largest absolute Gasteiger partial charge is 0.436 e. The Bertz CT molecular complexity index is 1180. The van der Waals surface area contributed by atoms with Crippen molar-refractivity contribution in [1.82, 2.24) is 4.98 Å². The Kier molecular flexibility index (Phi) is 5.80. The lowest BCUT2D eigenvalue weighted by atomic mass is 9.77. The lowest BCUT2D eigenvalue weighted by molar-refractivity contribution is -0.214. The van der Waals surface area contributed by atoms with Crippen molar-refractivity contribution >= 4 is 40.9 Å². The van der Waals surface area contributed by atoms with Crippen LogP contribution in [0.3, 0.4) is 0 Å². The average molecular weight is 474 g/mol. The molecule has 0 fully saturated rings. The van der Waals surface area contributed by atoms with E-state index in [0.717, 1.165) is 13.0 Å². The van der Waals surface area contributed by atoms with Crippen molar-refractivity contribution in [3.63, 3.8) is 0 Å². The highest BCUT2D eigenvalue weighted by Crippen LogP contribution is 2.51. The van der Waals surface area contributed by atoms with E-state index in [0.29, 0.717) is 21.7 Å². The van der Waals surface area contributed by atoms with E-state index >= 15 is 8.78 Å². The van der Waals surface area contributed by atoms with Crippen LogP contribution in [0.5, 0.6) is 0 Å². The van der Waals surface area contributed by atoms with Crippen LogP contribution in [-0.4, -0.2) is 29.0 Å². The highest BCUT2D eigenvalue weighted by Gasteiger charge is 2.63. The fourth-order valence-corrected chi connectivity index (χ4v) is 3.77. The Labute approximate surface area is 187 Å². The fourth-order valence-electron chi connectivity index (χ4n) is 3.60. The van der Waals surface area contributed by atoms with E-state index in [2.05, 4.69) is 9.98 Å². The van der Waals surface area contributed by atoms with Gasteiger partial charge >= 0.3 is 5.92 Å². The third-order valence-corrected chi connectivity index (χ3v) is 5.64. The van der Waals surface area contributed by atoms with Gasteiger partial charge in [0.05, 0.1) is 0 Å². The van der Waals surface area contributed by atoms with Crippen molar-refractivity contribution in [2.45, 2.75) is 37.8 Å². The number of amidine groups is 1. The van der Waals surface area contributed by atoms with Gasteiger partial charge in [-0.1, -0.05) is 11.6 Å². The first-order valence-electron chi connectivity index (χ1n) is 9.17. The average Bonchev–Trinajstić information content (AvgIpc) is 3.07. The molecule has 5 nitrogen and oxygen atoms in total. The summed E-state index contributed by atoms with van der Waals surface area (Å²) in [6.07, 6.45) is 0. The van der Waals surface area contributed by atoms with Gasteiger partial charge in [0, 0.05) is 22.2 Å². The normalized spacial score (nSPS) is 22.5. The van der Waals surface area contributed by atoms with Gasteiger partial charge in [-0.25, -0.2) is 18.2 Å². The molecule has 1 aliphatic rings. The predicted molar refractivity (Wildman–Crippen MR) is 116 cm³/mol. The minimum absolute atomic E-state index is 0. The molecule has 2 heterocycles. The third kappa shape index (κ3) is 3.66. The molecule has 2 aromatic carbocycles. The number of rotatable bonds is 2. The molecule has 0 spiro atoms. The maximum absolute atomic E-state index is 15.6. The third-order valence-electron chi connectivity index (χ3n) is 5.40. The number of fused-ring (bicyclic) bond motifs is 1. The summed E-state index contributed by atoms with van der Waals surface area (Å²) < 4.78 is 57.0. The highest BCUT2D eigenvalue weighted by atomic mass is 35.5. The van der Waals surface area contributed by atoms with Crippen molar-refractivity contribution in [3.05, 3.63) is 52.8 Å². The maximum atomic E-state index is 15.6. The summed E-state index contributed by atoms with van der Waals surface area (Å²) in [6.45, 7) is 3.31. The molecule has 0 saturated heterocycles. The lowest BCUT2D eigenvalue weighted by Gasteiger charge is -2.42. The molecule has 3 aromatic rings. The first-order chi connectivity index (χ1) is 13.9. The molecule has 4 rings (SSSR count). The zero-order valence-electron chi connectivity index (χ0n) is 16.9. The van der Waals surface area contributed by atoms with Crippen LogP contribution in [0, 0.1) is 5.82 Å². The van der Waals surface area contributed by atoms with Crippen molar-refractivity contribution in [2.24, 2.45) is 10.7 Å². The summed E-state index contributed by atoms with van der Waals surface area (Å²) >= 11 is 5.97. The van der Waals surface area contributed by atoms with Gasteiger partial charge in [-0.05, 0) is 51.1 Å². The van der Waals surface area contributed by atoms with Crippen molar-refractivity contribution in [2.75, 3.05) is 6.61 Å². The molecule has 10 heteroatoms. The molecule has 1 atom stereocenters. The number of hydrogen-bond acceptors (Lipinski definition) is 5. The van der Waals surface area contributed by atoms with E-state index in [9.17, 15) is 4.39 Å². The number of oxazole rings is 1. The van der Waals surface area contributed by atoms with E-state index in [-0.39, 0.29) is 36.3 Å². The molecule has 0 saturated carbocycles. The maximum Gasteiger partial charge on any atom is 0.304 e. The number of nitrogens with two attached hydrogens (primary N) is 1. The van der Waals surface area contributed by atoms with Crippen LogP contribution < -0.4 is 5.73 Å². The lowest BCUT2D eigenvalue weighted by Crippen LogP contribution is -2.56. The van der Waals surface area contributed by atoms with Gasteiger partial charge in [-0.2, -0.15) is 0 Å². The molecule has 31 heavy (non-hydrogen) atoms. The van der Waals surface area contributed by atoms with Gasteiger partial charge in [0.15, 0.2) is 11.1 Å². The minimum atomic E-state index is -3.59. The van der Waals surface area contributed by atoms with E-state index in [1.165, 1.54) is 26.0 Å². The summed E-state index contributed by atoms with van der Waals surface area (Å²) in [6, 6.07) is 8.65. The molecule has 1 aliphatic heterocycles. The Balaban J connectivity index is 0.00000272. The zero-order chi connectivity index (χ0) is 21.9. The molecule has 0 radical (unpaired) electrons. The second-order valence-corrected chi connectivity index (χ2v) is 8.31. The van der Waals surface area contributed by atoms with E-state index in [1.54, 1.807) is 18.2 Å². The summed E-state index contributed by atoms with van der Waals surface area (Å²) in [5.41, 5.74) is 2.45. The topological polar surface area (TPSA) is 73.6 Å². The standard InChI is InChI=1S/C21H19ClF3N3O2.ClH/c1-19(2)21(24,25)20(3,28-17(26)10-29-19)13-8-11(4-6-14(13)23)18-27-15-7-5-12(22)9-16(15)30-18;/h4-9H,10H2,1-3H3,(H2,26,28);1H/t20-;/m1./s1. The summed E-state index contributed by atoms with van der Waals surface area (Å²) in [5, 5.41) is 0.461. The van der Waals surface area contributed by atoms with Gasteiger partial charge < -0.3 is 14.9 Å². The Hall–Kier alpha value is -2.29. The molecular formula is C21H20Cl2F3N3O2. The van der Waals surface area contributed by atoms with Gasteiger partial charge in [0.1, 0.15) is 29.4 Å². The van der Waals surface area contributed by atoms with Crippen LogP contribution >= 0.6 is 24.0 Å². The Morgan fingerprint density at radius 3 is 2.52 bits per heavy atom. The second-order valence-electron chi connectivity index (χ2n) is 7.87. The smallest absolute Gasteiger partial charge is 0.304 e. The van der Waals surface area contributed by atoms with E-state index in [1.807, 2.05) is 0 Å². The number of halogens is 5. The number of benzene rings is 2. The predicted octanol–water partition coefficient (Wildman–Crippen LogP) is 5.73. The van der Waals surface area contributed by atoms with Crippen molar-refractivity contribution < 1.29 is 22.3 Å². The molecule has 166 valence electrons. The van der Waals surface area contributed by atoms with Crippen LogP contribution in [0.15, 0.2) is 45.8 Å². The summed E-state index contributed by atoms with van der Waals surface area (Å²) in [7, 11) is 0. The number of aromatic nitrogens is 1. The first kappa shape index (κ1) is 23.4. The SMILES string of the molecule is CC1(C)OCC(N)=N[C@](C)(c2cc(-c3nc4ccc(Cl)cc4o3)ccc2F)C1(F)F.Cl. The fraction of sp³-hybridized carbons (Fsp3) is 0.333. The van der Waals surface area contributed by atoms with Crippen LogP contribution in [0.25, 0.3) is 22.6 Å². The van der Waals surface area contributed by atoms with Gasteiger partial charge in [-0.15, -0.1) is 12.4 Å².